The molecule has 0 saturated carbocycles. The Morgan fingerprint density at radius 1 is 1.40 bits per heavy atom. The van der Waals surface area contributed by atoms with Gasteiger partial charge in [0.1, 0.15) is 0 Å². The lowest BCUT2D eigenvalue weighted by molar-refractivity contribution is 0.471. The predicted molar refractivity (Wildman–Crippen MR) is 63.8 cm³/mol. The van der Waals surface area contributed by atoms with Crippen molar-refractivity contribution in [3.05, 3.63) is 17.5 Å². The molecule has 0 aromatic carbocycles. The Balaban J connectivity index is 2.78. The van der Waals surface area contributed by atoms with Crippen LogP contribution in [-0.4, -0.2) is 15.8 Å². The molecule has 1 heterocycles. The van der Waals surface area contributed by atoms with Gasteiger partial charge >= 0.3 is 0 Å². The number of hydrogen-bond donors (Lipinski definition) is 1. The molecule has 0 saturated heterocycles. The smallest absolute Gasteiger partial charge is 0.0624 e. The summed E-state index contributed by atoms with van der Waals surface area (Å²) < 4.78 is 2.07. The van der Waals surface area contributed by atoms with Gasteiger partial charge in [-0.2, -0.15) is 5.10 Å². The third-order valence-electron chi connectivity index (χ3n) is 2.88. The Hall–Kier alpha value is -0.830. The molecule has 1 rings (SSSR count). The summed E-state index contributed by atoms with van der Waals surface area (Å²) >= 11 is 0. The number of aromatic nitrogens is 2. The molecular formula is C12H23N3. The highest BCUT2D eigenvalue weighted by atomic mass is 15.3. The summed E-state index contributed by atoms with van der Waals surface area (Å²) in [5.41, 5.74) is 8.52. The Morgan fingerprint density at radius 3 is 2.53 bits per heavy atom. The van der Waals surface area contributed by atoms with E-state index in [1.54, 1.807) is 0 Å². The maximum Gasteiger partial charge on any atom is 0.0624 e. The van der Waals surface area contributed by atoms with Crippen LogP contribution in [0.15, 0.2) is 6.07 Å². The van der Waals surface area contributed by atoms with Gasteiger partial charge in [-0.05, 0) is 25.3 Å². The lowest BCUT2D eigenvalue weighted by atomic mass is 10.0. The van der Waals surface area contributed by atoms with Gasteiger partial charge in [0.15, 0.2) is 0 Å². The SMILES string of the molecule is CCc1cc(CC(N)C(C)C)n(CC)n1. The molecule has 86 valence electrons. The van der Waals surface area contributed by atoms with Crippen LogP contribution < -0.4 is 5.73 Å². The molecule has 0 spiro atoms. The van der Waals surface area contributed by atoms with E-state index in [4.69, 9.17) is 5.73 Å². The number of nitrogens with zero attached hydrogens (tertiary/aromatic N) is 2. The zero-order valence-electron chi connectivity index (χ0n) is 10.3. The van der Waals surface area contributed by atoms with Crippen molar-refractivity contribution in [1.82, 2.24) is 9.78 Å². The Morgan fingerprint density at radius 2 is 2.07 bits per heavy atom. The van der Waals surface area contributed by atoms with Crippen LogP contribution in [0.2, 0.25) is 0 Å². The first-order valence-electron chi connectivity index (χ1n) is 5.89. The molecular weight excluding hydrogens is 186 g/mol. The minimum Gasteiger partial charge on any atom is -0.327 e. The molecule has 0 aliphatic heterocycles. The molecule has 0 amide bonds. The van der Waals surface area contributed by atoms with Crippen molar-refractivity contribution in [2.75, 3.05) is 0 Å². The molecule has 0 aliphatic rings. The number of rotatable bonds is 5. The van der Waals surface area contributed by atoms with Crippen LogP contribution in [0.3, 0.4) is 0 Å². The largest absolute Gasteiger partial charge is 0.327 e. The number of hydrogen-bond acceptors (Lipinski definition) is 2. The van der Waals surface area contributed by atoms with E-state index < -0.39 is 0 Å². The molecule has 0 aliphatic carbocycles. The van der Waals surface area contributed by atoms with Gasteiger partial charge in [-0.25, -0.2) is 0 Å². The second kappa shape index (κ2) is 5.31. The molecule has 0 bridgehead atoms. The third-order valence-corrected chi connectivity index (χ3v) is 2.88. The zero-order chi connectivity index (χ0) is 11.4. The van der Waals surface area contributed by atoms with E-state index in [0.29, 0.717) is 5.92 Å². The Bertz CT molecular complexity index is 302. The summed E-state index contributed by atoms with van der Waals surface area (Å²) in [5, 5.41) is 4.52. The highest BCUT2D eigenvalue weighted by molar-refractivity contribution is 5.12. The van der Waals surface area contributed by atoms with E-state index >= 15 is 0 Å². The molecule has 1 unspecified atom stereocenters. The number of aryl methyl sites for hydroxylation is 2. The fourth-order valence-electron chi connectivity index (χ4n) is 1.60. The molecule has 0 fully saturated rings. The number of nitrogens with two attached hydrogens (primary N) is 1. The van der Waals surface area contributed by atoms with Crippen LogP contribution in [0, 0.1) is 5.92 Å². The average Bonchev–Trinajstić information content (AvgIpc) is 2.60. The van der Waals surface area contributed by atoms with Gasteiger partial charge in [-0.1, -0.05) is 20.8 Å². The van der Waals surface area contributed by atoms with E-state index in [2.05, 4.69) is 43.5 Å². The summed E-state index contributed by atoms with van der Waals surface area (Å²) in [6.45, 7) is 9.52. The minimum atomic E-state index is 0.233. The molecule has 3 nitrogen and oxygen atoms in total. The summed E-state index contributed by atoms with van der Waals surface area (Å²) in [5.74, 6) is 0.523. The van der Waals surface area contributed by atoms with Crippen molar-refractivity contribution in [2.45, 2.75) is 53.1 Å². The van der Waals surface area contributed by atoms with Crippen LogP contribution in [0.25, 0.3) is 0 Å². The summed E-state index contributed by atoms with van der Waals surface area (Å²) in [4.78, 5) is 0. The van der Waals surface area contributed by atoms with Crippen molar-refractivity contribution >= 4 is 0 Å². The minimum absolute atomic E-state index is 0.233. The third kappa shape index (κ3) is 3.06. The topological polar surface area (TPSA) is 43.8 Å². The molecule has 3 heteroatoms. The quantitative estimate of drug-likeness (QED) is 0.806. The van der Waals surface area contributed by atoms with Crippen LogP contribution in [0.4, 0.5) is 0 Å². The maximum atomic E-state index is 6.08. The van der Waals surface area contributed by atoms with Gasteiger partial charge in [0, 0.05) is 24.7 Å². The highest BCUT2D eigenvalue weighted by Gasteiger charge is 2.12. The molecule has 2 N–H and O–H groups in total. The lowest BCUT2D eigenvalue weighted by Gasteiger charge is -2.15. The van der Waals surface area contributed by atoms with E-state index in [-0.39, 0.29) is 6.04 Å². The van der Waals surface area contributed by atoms with Crippen LogP contribution in [0.1, 0.15) is 39.1 Å². The predicted octanol–water partition coefficient (Wildman–Crippen LogP) is 1.99. The van der Waals surface area contributed by atoms with Crippen LogP contribution in [0.5, 0.6) is 0 Å². The van der Waals surface area contributed by atoms with Gasteiger partial charge in [0.2, 0.25) is 0 Å². The van der Waals surface area contributed by atoms with Crippen LogP contribution >= 0.6 is 0 Å². The Kier molecular flexibility index (Phi) is 4.33. The maximum absolute atomic E-state index is 6.08. The van der Waals surface area contributed by atoms with Gasteiger partial charge in [0.25, 0.3) is 0 Å². The van der Waals surface area contributed by atoms with Gasteiger partial charge in [-0.15, -0.1) is 0 Å². The van der Waals surface area contributed by atoms with Crippen molar-refractivity contribution in [1.29, 1.82) is 0 Å². The van der Waals surface area contributed by atoms with E-state index in [1.807, 2.05) is 0 Å². The van der Waals surface area contributed by atoms with Crippen molar-refractivity contribution in [3.8, 4) is 0 Å². The first-order chi connectivity index (χ1) is 7.08. The van der Waals surface area contributed by atoms with Crippen molar-refractivity contribution < 1.29 is 0 Å². The fraction of sp³-hybridized carbons (Fsp3) is 0.750. The normalized spacial score (nSPS) is 13.5. The summed E-state index contributed by atoms with van der Waals surface area (Å²) in [6.07, 6.45) is 1.93. The monoisotopic (exact) mass is 209 g/mol. The first kappa shape index (κ1) is 12.2. The van der Waals surface area contributed by atoms with Crippen LogP contribution in [-0.2, 0) is 19.4 Å². The Labute approximate surface area is 92.7 Å². The summed E-state index contributed by atoms with van der Waals surface area (Å²) in [6, 6.07) is 2.42. The second-order valence-electron chi connectivity index (χ2n) is 4.41. The molecule has 15 heavy (non-hydrogen) atoms. The molecule has 1 aromatic rings. The van der Waals surface area contributed by atoms with Gasteiger partial charge < -0.3 is 5.73 Å². The van der Waals surface area contributed by atoms with E-state index in [1.165, 1.54) is 11.4 Å². The molecule has 1 aromatic heterocycles. The zero-order valence-corrected chi connectivity index (χ0v) is 10.3. The van der Waals surface area contributed by atoms with E-state index in [0.717, 1.165) is 19.4 Å². The standard InChI is InChI=1S/C12H23N3/c1-5-10-7-11(15(6-2)14-10)8-12(13)9(3)4/h7,9,12H,5-6,8,13H2,1-4H3. The lowest BCUT2D eigenvalue weighted by Crippen LogP contribution is -2.29. The highest BCUT2D eigenvalue weighted by Crippen LogP contribution is 2.11. The van der Waals surface area contributed by atoms with Crippen molar-refractivity contribution in [3.63, 3.8) is 0 Å². The van der Waals surface area contributed by atoms with Gasteiger partial charge in [-0.3, -0.25) is 4.68 Å². The first-order valence-corrected chi connectivity index (χ1v) is 5.89. The molecule has 1 atom stereocenters. The molecule has 0 radical (unpaired) electrons. The van der Waals surface area contributed by atoms with E-state index in [9.17, 15) is 0 Å². The van der Waals surface area contributed by atoms with Crippen molar-refractivity contribution in [2.24, 2.45) is 11.7 Å². The van der Waals surface area contributed by atoms with Gasteiger partial charge in [0.05, 0.1) is 5.69 Å². The fourth-order valence-corrected chi connectivity index (χ4v) is 1.60. The second-order valence-corrected chi connectivity index (χ2v) is 4.41. The average molecular weight is 209 g/mol. The summed E-state index contributed by atoms with van der Waals surface area (Å²) in [7, 11) is 0.